The Hall–Kier alpha value is -1.85. The van der Waals surface area contributed by atoms with E-state index in [9.17, 15) is 0 Å². The molecule has 2 fully saturated rings. The van der Waals surface area contributed by atoms with Gasteiger partial charge in [0, 0.05) is 58.9 Å². The number of benzene rings is 1. The van der Waals surface area contributed by atoms with E-state index in [-0.39, 0.29) is 0 Å². The largest absolute Gasteiger partial charge is 0.355 e. The number of aliphatic imine (C=N–C) groups is 1. The molecule has 0 amide bonds. The van der Waals surface area contributed by atoms with Gasteiger partial charge in [-0.1, -0.05) is 42.0 Å². The zero-order valence-electron chi connectivity index (χ0n) is 17.2. The van der Waals surface area contributed by atoms with Crippen LogP contribution in [0.4, 0.5) is 0 Å². The summed E-state index contributed by atoms with van der Waals surface area (Å²) in [6.07, 6.45) is 4.58. The van der Waals surface area contributed by atoms with Crippen LogP contribution in [0.1, 0.15) is 25.3 Å². The molecule has 148 valence electrons. The maximum atomic E-state index is 4.54. The number of likely N-dealkylation sites (tertiary alicyclic amines) is 1. The van der Waals surface area contributed by atoms with Crippen LogP contribution < -0.4 is 5.32 Å². The first-order valence-electron chi connectivity index (χ1n) is 10.3. The van der Waals surface area contributed by atoms with Crippen LogP contribution in [0.15, 0.2) is 40.9 Å². The Kier molecular flexibility index (Phi) is 7.30. The normalized spacial score (nSPS) is 21.2. The molecule has 1 N–H and O–H groups in total. The van der Waals surface area contributed by atoms with Crippen LogP contribution in [0.25, 0.3) is 6.08 Å². The molecule has 3 rings (SSSR count). The van der Waals surface area contributed by atoms with Gasteiger partial charge in [-0.25, -0.2) is 0 Å². The molecule has 0 aliphatic carbocycles. The van der Waals surface area contributed by atoms with E-state index in [4.69, 9.17) is 0 Å². The molecule has 5 heteroatoms. The second-order valence-corrected chi connectivity index (χ2v) is 7.82. The summed E-state index contributed by atoms with van der Waals surface area (Å²) >= 11 is 0. The van der Waals surface area contributed by atoms with Gasteiger partial charge < -0.3 is 15.1 Å². The fraction of sp³-hybridized carbons (Fsp3) is 0.591. The number of piperidine rings is 1. The number of hydrogen-bond acceptors (Lipinski definition) is 3. The number of likely N-dealkylation sites (N-methyl/N-ethyl adjacent to an activating group) is 1. The lowest BCUT2D eigenvalue weighted by Crippen LogP contribution is -2.53. The lowest BCUT2D eigenvalue weighted by Gasteiger charge is -2.37. The molecule has 2 heterocycles. The molecule has 5 nitrogen and oxygen atoms in total. The molecule has 1 atom stereocenters. The molecule has 0 bridgehead atoms. The summed E-state index contributed by atoms with van der Waals surface area (Å²) < 4.78 is 0. The molecule has 0 saturated carbocycles. The second kappa shape index (κ2) is 9.90. The van der Waals surface area contributed by atoms with Crippen molar-refractivity contribution in [3.8, 4) is 0 Å². The summed E-state index contributed by atoms with van der Waals surface area (Å²) in [6, 6.07) is 11.2. The van der Waals surface area contributed by atoms with Crippen molar-refractivity contribution in [2.75, 3.05) is 59.9 Å². The minimum atomic E-state index is 0.536. The van der Waals surface area contributed by atoms with Crippen molar-refractivity contribution < 1.29 is 0 Å². The van der Waals surface area contributed by atoms with E-state index < -0.39 is 0 Å². The van der Waals surface area contributed by atoms with E-state index in [1.165, 1.54) is 18.7 Å². The van der Waals surface area contributed by atoms with Gasteiger partial charge in [0.2, 0.25) is 0 Å². The fourth-order valence-electron chi connectivity index (χ4n) is 3.90. The first kappa shape index (κ1) is 19.9. The summed E-state index contributed by atoms with van der Waals surface area (Å²) in [5, 5.41) is 3.61. The third kappa shape index (κ3) is 5.81. The smallest absolute Gasteiger partial charge is 0.193 e. The highest BCUT2D eigenvalue weighted by Crippen LogP contribution is 2.19. The number of hydrogen-bond donors (Lipinski definition) is 1. The highest BCUT2D eigenvalue weighted by atomic mass is 15.3. The molecule has 0 spiro atoms. The van der Waals surface area contributed by atoms with Crippen molar-refractivity contribution in [2.24, 2.45) is 4.99 Å². The number of piperazine rings is 1. The lowest BCUT2D eigenvalue weighted by atomic mass is 10.0. The van der Waals surface area contributed by atoms with Crippen LogP contribution in [0, 0.1) is 0 Å². The number of guanidine groups is 1. The average Bonchev–Trinajstić information content (AvgIpc) is 2.71. The summed E-state index contributed by atoms with van der Waals surface area (Å²) in [6.45, 7) is 10.0. The highest BCUT2D eigenvalue weighted by Gasteiger charge is 2.21. The summed E-state index contributed by atoms with van der Waals surface area (Å²) in [7, 11) is 4.11. The van der Waals surface area contributed by atoms with Gasteiger partial charge in [-0.2, -0.15) is 0 Å². The van der Waals surface area contributed by atoms with Gasteiger partial charge in [0.25, 0.3) is 0 Å². The standard InChI is InChI=1S/C22H35N5/c1-19(26-15-13-25(3)14-16-26)18-24-22(23-2)27-11-9-21(10-12-27)17-20-7-5-4-6-8-20/h4-8,17,19H,9-16,18H2,1-3H3,(H,23,24). The van der Waals surface area contributed by atoms with Gasteiger partial charge >= 0.3 is 0 Å². The minimum absolute atomic E-state index is 0.536. The van der Waals surface area contributed by atoms with Gasteiger partial charge in [-0.05, 0) is 32.4 Å². The van der Waals surface area contributed by atoms with E-state index in [1.54, 1.807) is 5.57 Å². The van der Waals surface area contributed by atoms with Crippen LogP contribution in [-0.4, -0.2) is 86.6 Å². The van der Waals surface area contributed by atoms with Gasteiger partial charge in [-0.3, -0.25) is 9.89 Å². The van der Waals surface area contributed by atoms with Crippen molar-refractivity contribution in [3.63, 3.8) is 0 Å². The van der Waals surface area contributed by atoms with Gasteiger partial charge in [-0.15, -0.1) is 0 Å². The lowest BCUT2D eigenvalue weighted by molar-refractivity contribution is 0.119. The number of nitrogens with zero attached hydrogens (tertiary/aromatic N) is 4. The van der Waals surface area contributed by atoms with Crippen LogP contribution in [0.5, 0.6) is 0 Å². The van der Waals surface area contributed by atoms with E-state index in [0.29, 0.717) is 6.04 Å². The Bertz CT molecular complexity index is 621. The number of rotatable bonds is 4. The van der Waals surface area contributed by atoms with Crippen LogP contribution in [0.3, 0.4) is 0 Å². The highest BCUT2D eigenvalue weighted by molar-refractivity contribution is 5.80. The average molecular weight is 370 g/mol. The predicted octanol–water partition coefficient (Wildman–Crippen LogP) is 2.38. The van der Waals surface area contributed by atoms with Gasteiger partial charge in [0.1, 0.15) is 0 Å². The Morgan fingerprint density at radius 3 is 2.37 bits per heavy atom. The number of nitrogens with one attached hydrogen (secondary N) is 1. The zero-order valence-corrected chi connectivity index (χ0v) is 17.2. The first-order valence-corrected chi connectivity index (χ1v) is 10.3. The van der Waals surface area contributed by atoms with Crippen molar-refractivity contribution in [2.45, 2.75) is 25.8 Å². The maximum Gasteiger partial charge on any atom is 0.193 e. The third-order valence-corrected chi connectivity index (χ3v) is 5.80. The topological polar surface area (TPSA) is 34.1 Å². The SMILES string of the molecule is CN=C(NCC(C)N1CCN(C)CC1)N1CCC(=Cc2ccccc2)CC1. The third-order valence-electron chi connectivity index (χ3n) is 5.80. The molecule has 0 aromatic heterocycles. The minimum Gasteiger partial charge on any atom is -0.355 e. The predicted molar refractivity (Wildman–Crippen MR) is 115 cm³/mol. The van der Waals surface area contributed by atoms with E-state index >= 15 is 0 Å². The first-order chi connectivity index (χ1) is 13.2. The molecule has 2 aliphatic heterocycles. The van der Waals surface area contributed by atoms with Gasteiger partial charge in [0.15, 0.2) is 5.96 Å². The van der Waals surface area contributed by atoms with Crippen molar-refractivity contribution in [3.05, 3.63) is 41.5 Å². The quantitative estimate of drug-likeness (QED) is 0.653. The van der Waals surface area contributed by atoms with Crippen molar-refractivity contribution in [1.29, 1.82) is 0 Å². The molecule has 1 aromatic rings. The summed E-state index contributed by atoms with van der Waals surface area (Å²) in [5.74, 6) is 1.05. The Labute approximate surface area is 164 Å². The Balaban J connectivity index is 1.45. The van der Waals surface area contributed by atoms with Gasteiger partial charge in [0.05, 0.1) is 0 Å². The molecule has 0 radical (unpaired) electrons. The van der Waals surface area contributed by atoms with Crippen LogP contribution >= 0.6 is 0 Å². The van der Waals surface area contributed by atoms with E-state index in [1.807, 2.05) is 7.05 Å². The summed E-state index contributed by atoms with van der Waals surface area (Å²) in [4.78, 5) is 11.9. The Morgan fingerprint density at radius 2 is 1.74 bits per heavy atom. The van der Waals surface area contributed by atoms with E-state index in [0.717, 1.165) is 51.5 Å². The molecule has 2 aliphatic rings. The molecule has 1 aromatic carbocycles. The zero-order chi connectivity index (χ0) is 19.1. The molecule has 2 saturated heterocycles. The van der Waals surface area contributed by atoms with Crippen LogP contribution in [-0.2, 0) is 0 Å². The van der Waals surface area contributed by atoms with E-state index in [2.05, 4.69) is 75.4 Å². The molecular weight excluding hydrogens is 334 g/mol. The summed E-state index contributed by atoms with van der Waals surface area (Å²) in [5.41, 5.74) is 2.85. The van der Waals surface area contributed by atoms with Crippen molar-refractivity contribution >= 4 is 12.0 Å². The fourth-order valence-corrected chi connectivity index (χ4v) is 3.90. The maximum absolute atomic E-state index is 4.54. The Morgan fingerprint density at radius 1 is 1.07 bits per heavy atom. The van der Waals surface area contributed by atoms with Crippen molar-refractivity contribution in [1.82, 2.24) is 20.0 Å². The monoisotopic (exact) mass is 369 g/mol. The molecule has 27 heavy (non-hydrogen) atoms. The second-order valence-electron chi connectivity index (χ2n) is 7.82. The molecule has 1 unspecified atom stereocenters. The van der Waals surface area contributed by atoms with Crippen LogP contribution in [0.2, 0.25) is 0 Å². The molecular formula is C22H35N5.